The van der Waals surface area contributed by atoms with Crippen molar-refractivity contribution >= 4 is 65.3 Å². The molecule has 0 aliphatic heterocycles. The average molecular weight is 518 g/mol. The monoisotopic (exact) mass is 516 g/mol. The van der Waals surface area contributed by atoms with Gasteiger partial charge in [-0.3, -0.25) is 4.99 Å². The fraction of sp³-hybridized carbons (Fsp3) is 0.0476. The summed E-state index contributed by atoms with van der Waals surface area (Å²) >= 11 is 8.08. The number of fused-ring (bicyclic) bond motifs is 1. The molecule has 0 saturated heterocycles. The second kappa shape index (κ2) is 7.66. The molecule has 0 fully saturated rings. The predicted molar refractivity (Wildman–Crippen MR) is 122 cm³/mol. The molecule has 0 spiro atoms. The van der Waals surface area contributed by atoms with Gasteiger partial charge in [0.15, 0.2) is 0 Å². The molecule has 3 aromatic carbocycles. The Bertz CT molecular complexity index is 1220. The summed E-state index contributed by atoms with van der Waals surface area (Å²) in [6.45, 7) is 2.06. The molecule has 28 heavy (non-hydrogen) atoms. The fourth-order valence-electron chi connectivity index (χ4n) is 2.71. The number of thiazole rings is 1. The Kier molecular flexibility index (Phi) is 5.23. The first-order valence-electron chi connectivity index (χ1n) is 8.34. The largest absolute Gasteiger partial charge is 0.506 e. The normalized spacial score (nSPS) is 11.5. The maximum atomic E-state index is 10.1. The highest BCUT2D eigenvalue weighted by atomic mass is 79.9. The van der Waals surface area contributed by atoms with Crippen molar-refractivity contribution < 1.29 is 10.2 Å². The zero-order valence-electron chi connectivity index (χ0n) is 14.6. The molecule has 0 aliphatic rings. The molecule has 1 heterocycles. The lowest BCUT2D eigenvalue weighted by Gasteiger charge is -2.06. The third-order valence-corrected chi connectivity index (χ3v) is 6.65. The number of nitrogens with zero attached hydrogens (tertiary/aromatic N) is 2. The van der Waals surface area contributed by atoms with Gasteiger partial charge in [0.25, 0.3) is 0 Å². The molecule has 1 aromatic heterocycles. The SMILES string of the molecule is Cc1ccc2sc(-c3ccc(N=Cc4cc(Br)c(O)c(Br)c4O)cc3)nc2c1. The van der Waals surface area contributed by atoms with Gasteiger partial charge in [-0.2, -0.15) is 0 Å². The average Bonchev–Trinajstić information content (AvgIpc) is 3.11. The topological polar surface area (TPSA) is 65.7 Å². The number of aryl methyl sites for hydroxylation is 1. The van der Waals surface area contributed by atoms with Crippen molar-refractivity contribution in [3.8, 4) is 22.1 Å². The van der Waals surface area contributed by atoms with Crippen LogP contribution in [0.25, 0.3) is 20.8 Å². The lowest BCUT2D eigenvalue weighted by molar-refractivity contribution is 0.442. The Morgan fingerprint density at radius 1 is 1.00 bits per heavy atom. The second-order valence-electron chi connectivity index (χ2n) is 6.25. The Morgan fingerprint density at radius 3 is 2.50 bits per heavy atom. The van der Waals surface area contributed by atoms with Gasteiger partial charge in [-0.1, -0.05) is 6.07 Å². The highest BCUT2D eigenvalue weighted by Crippen LogP contribution is 2.40. The Balaban J connectivity index is 1.60. The van der Waals surface area contributed by atoms with E-state index in [2.05, 4.69) is 62.0 Å². The van der Waals surface area contributed by atoms with Crippen molar-refractivity contribution in [1.82, 2.24) is 4.98 Å². The van der Waals surface area contributed by atoms with E-state index in [1.165, 1.54) is 10.3 Å². The van der Waals surface area contributed by atoms with Crippen LogP contribution in [0.3, 0.4) is 0 Å². The van der Waals surface area contributed by atoms with E-state index in [1.807, 2.05) is 24.3 Å². The zero-order chi connectivity index (χ0) is 19.8. The van der Waals surface area contributed by atoms with Crippen LogP contribution in [0, 0.1) is 6.92 Å². The Hall–Kier alpha value is -2.22. The maximum Gasteiger partial charge on any atom is 0.147 e. The van der Waals surface area contributed by atoms with Crippen LogP contribution < -0.4 is 0 Å². The predicted octanol–water partition coefficient (Wildman–Crippen LogP) is 6.96. The molecular weight excluding hydrogens is 504 g/mol. The molecule has 4 nitrogen and oxygen atoms in total. The molecule has 0 unspecified atom stereocenters. The van der Waals surface area contributed by atoms with E-state index in [0.29, 0.717) is 10.0 Å². The molecule has 0 aliphatic carbocycles. The summed E-state index contributed by atoms with van der Waals surface area (Å²) in [5.74, 6) is -0.115. The molecular formula is C21H14Br2N2O2S. The van der Waals surface area contributed by atoms with E-state index >= 15 is 0 Å². The van der Waals surface area contributed by atoms with Crippen molar-refractivity contribution in [3.63, 3.8) is 0 Å². The van der Waals surface area contributed by atoms with Gasteiger partial charge < -0.3 is 10.2 Å². The summed E-state index contributed by atoms with van der Waals surface area (Å²) in [5, 5.41) is 20.9. The fourth-order valence-corrected chi connectivity index (χ4v) is 4.82. The van der Waals surface area contributed by atoms with Crippen LogP contribution in [0.1, 0.15) is 11.1 Å². The summed E-state index contributed by atoms with van der Waals surface area (Å²) in [6.07, 6.45) is 1.56. The molecule has 0 saturated carbocycles. The molecule has 0 radical (unpaired) electrons. The molecule has 0 atom stereocenters. The van der Waals surface area contributed by atoms with Crippen LogP contribution in [-0.2, 0) is 0 Å². The van der Waals surface area contributed by atoms with E-state index in [-0.39, 0.29) is 16.0 Å². The molecule has 0 amide bonds. The highest BCUT2D eigenvalue weighted by molar-refractivity contribution is 9.11. The van der Waals surface area contributed by atoms with E-state index in [0.717, 1.165) is 21.8 Å². The number of benzene rings is 3. The van der Waals surface area contributed by atoms with Gasteiger partial charge in [0, 0.05) is 17.3 Å². The lowest BCUT2D eigenvalue weighted by Crippen LogP contribution is -1.85. The highest BCUT2D eigenvalue weighted by Gasteiger charge is 2.12. The van der Waals surface area contributed by atoms with Crippen LogP contribution in [-0.4, -0.2) is 21.4 Å². The van der Waals surface area contributed by atoms with Crippen LogP contribution in [0.15, 0.2) is 62.5 Å². The van der Waals surface area contributed by atoms with Crippen LogP contribution in [0.4, 0.5) is 5.69 Å². The van der Waals surface area contributed by atoms with Crippen molar-refractivity contribution in [2.75, 3.05) is 0 Å². The van der Waals surface area contributed by atoms with Crippen molar-refractivity contribution in [2.24, 2.45) is 4.99 Å². The molecule has 4 rings (SSSR count). The number of aromatic hydroxyl groups is 2. The number of phenolic OH excluding ortho intramolecular Hbond substituents is 2. The summed E-state index contributed by atoms with van der Waals surface area (Å²) in [4.78, 5) is 9.13. The van der Waals surface area contributed by atoms with Gasteiger partial charge in [0.1, 0.15) is 21.0 Å². The summed E-state index contributed by atoms with van der Waals surface area (Å²) in [7, 11) is 0. The van der Waals surface area contributed by atoms with Gasteiger partial charge in [-0.15, -0.1) is 11.3 Å². The molecule has 4 aromatic rings. The number of hydrogen-bond acceptors (Lipinski definition) is 5. The van der Waals surface area contributed by atoms with Gasteiger partial charge in [0.05, 0.1) is 20.4 Å². The van der Waals surface area contributed by atoms with E-state index in [9.17, 15) is 10.2 Å². The maximum absolute atomic E-state index is 10.1. The summed E-state index contributed by atoms with van der Waals surface area (Å²) in [6, 6.07) is 15.7. The van der Waals surface area contributed by atoms with Crippen LogP contribution in [0.2, 0.25) is 0 Å². The van der Waals surface area contributed by atoms with E-state index < -0.39 is 0 Å². The first-order valence-corrected chi connectivity index (χ1v) is 10.7. The van der Waals surface area contributed by atoms with Crippen LogP contribution >= 0.6 is 43.2 Å². The first-order chi connectivity index (χ1) is 13.4. The van der Waals surface area contributed by atoms with E-state index in [1.54, 1.807) is 23.6 Å². The standard InChI is InChI=1S/C21H14Br2N2O2S/c1-11-2-7-17-16(8-11)25-21(28-17)12-3-5-14(6-4-12)24-10-13-9-15(22)20(27)18(23)19(13)26/h2-10,26-27H,1H3. The third-order valence-electron chi connectivity index (χ3n) is 4.21. The molecule has 7 heteroatoms. The Labute approximate surface area is 182 Å². The van der Waals surface area contributed by atoms with Crippen molar-refractivity contribution in [2.45, 2.75) is 6.92 Å². The smallest absolute Gasteiger partial charge is 0.147 e. The number of halogens is 2. The van der Waals surface area contributed by atoms with Gasteiger partial charge >= 0.3 is 0 Å². The second-order valence-corrected chi connectivity index (χ2v) is 8.93. The lowest BCUT2D eigenvalue weighted by atomic mass is 10.2. The van der Waals surface area contributed by atoms with Crippen molar-refractivity contribution in [3.05, 3.63) is 68.6 Å². The van der Waals surface area contributed by atoms with Crippen molar-refractivity contribution in [1.29, 1.82) is 0 Å². The number of aromatic nitrogens is 1. The number of phenols is 2. The molecule has 2 N–H and O–H groups in total. The van der Waals surface area contributed by atoms with Gasteiger partial charge in [-0.05, 0) is 86.8 Å². The summed E-state index contributed by atoms with van der Waals surface area (Å²) in [5.41, 5.74) is 4.49. The molecule has 0 bridgehead atoms. The summed E-state index contributed by atoms with van der Waals surface area (Å²) < 4.78 is 1.87. The number of rotatable bonds is 3. The van der Waals surface area contributed by atoms with E-state index in [4.69, 9.17) is 4.98 Å². The quantitative estimate of drug-likeness (QED) is 0.289. The molecule has 140 valence electrons. The minimum atomic E-state index is -0.0640. The minimum absolute atomic E-state index is 0.0509. The Morgan fingerprint density at radius 2 is 1.75 bits per heavy atom. The first kappa shape index (κ1) is 19.1. The van der Waals surface area contributed by atoms with Gasteiger partial charge in [0.2, 0.25) is 0 Å². The number of aliphatic imine (C=N–C) groups is 1. The zero-order valence-corrected chi connectivity index (χ0v) is 18.6. The number of hydrogen-bond donors (Lipinski definition) is 2. The van der Waals surface area contributed by atoms with Crippen LogP contribution in [0.5, 0.6) is 11.5 Å². The third kappa shape index (κ3) is 3.70. The minimum Gasteiger partial charge on any atom is -0.506 e. The van der Waals surface area contributed by atoms with Gasteiger partial charge in [-0.25, -0.2) is 4.98 Å².